The standard InChI is InChI=1S/C24H33N3O/c1-17(2)25-24(28)26-23-6-5-11-27(16-23)15-20-7-9-21(10-8-20)22-13-18(3)12-19(4)14-22/h7-10,12-14,17,23H,5-6,11,15-16H2,1-4H3,(H2,25,26,28). The van der Waals surface area contributed by atoms with E-state index >= 15 is 0 Å². The fourth-order valence-electron chi connectivity index (χ4n) is 4.01. The molecule has 0 radical (unpaired) electrons. The molecule has 2 aromatic rings. The first-order chi connectivity index (χ1) is 13.4. The molecule has 0 aliphatic carbocycles. The lowest BCUT2D eigenvalue weighted by molar-refractivity contribution is 0.179. The van der Waals surface area contributed by atoms with Crippen LogP contribution in [0.2, 0.25) is 0 Å². The first-order valence-corrected chi connectivity index (χ1v) is 10.4. The number of amides is 2. The summed E-state index contributed by atoms with van der Waals surface area (Å²) in [5.74, 6) is 0. The second kappa shape index (κ2) is 9.24. The Balaban J connectivity index is 1.58. The van der Waals surface area contributed by atoms with Gasteiger partial charge in [-0.15, -0.1) is 0 Å². The van der Waals surface area contributed by atoms with Gasteiger partial charge in [-0.05, 0) is 63.8 Å². The van der Waals surface area contributed by atoms with Gasteiger partial charge in [0, 0.05) is 25.2 Å². The summed E-state index contributed by atoms with van der Waals surface area (Å²) < 4.78 is 0. The van der Waals surface area contributed by atoms with E-state index in [-0.39, 0.29) is 18.1 Å². The van der Waals surface area contributed by atoms with E-state index in [4.69, 9.17) is 0 Å². The van der Waals surface area contributed by atoms with Crippen LogP contribution in [0.5, 0.6) is 0 Å². The molecule has 3 rings (SSSR count). The maximum absolute atomic E-state index is 12.0. The van der Waals surface area contributed by atoms with Crippen molar-refractivity contribution in [2.75, 3.05) is 13.1 Å². The van der Waals surface area contributed by atoms with Crippen LogP contribution in [0.3, 0.4) is 0 Å². The van der Waals surface area contributed by atoms with Crippen LogP contribution in [0.1, 0.15) is 43.4 Å². The van der Waals surface area contributed by atoms with Crippen LogP contribution >= 0.6 is 0 Å². The number of hydrogen-bond acceptors (Lipinski definition) is 2. The molecule has 1 heterocycles. The molecule has 1 aliphatic rings. The average Bonchev–Trinajstić information content (AvgIpc) is 2.61. The Morgan fingerprint density at radius 1 is 1.07 bits per heavy atom. The number of rotatable bonds is 5. The quantitative estimate of drug-likeness (QED) is 0.795. The van der Waals surface area contributed by atoms with Crippen molar-refractivity contribution in [1.82, 2.24) is 15.5 Å². The van der Waals surface area contributed by atoms with E-state index < -0.39 is 0 Å². The fraction of sp³-hybridized carbons (Fsp3) is 0.458. The number of piperidine rings is 1. The fourth-order valence-corrected chi connectivity index (χ4v) is 4.01. The second-order valence-electron chi connectivity index (χ2n) is 8.42. The molecule has 0 bridgehead atoms. The van der Waals surface area contributed by atoms with Crippen LogP contribution in [-0.2, 0) is 6.54 Å². The molecule has 2 aromatic carbocycles. The lowest BCUT2D eigenvalue weighted by atomic mass is 9.99. The molecule has 1 saturated heterocycles. The predicted octanol–water partition coefficient (Wildman–Crippen LogP) is 4.64. The summed E-state index contributed by atoms with van der Waals surface area (Å²) in [4.78, 5) is 14.4. The van der Waals surface area contributed by atoms with E-state index in [0.717, 1.165) is 32.5 Å². The first kappa shape index (κ1) is 20.4. The number of likely N-dealkylation sites (tertiary alicyclic amines) is 1. The lowest BCUT2D eigenvalue weighted by Gasteiger charge is -2.33. The SMILES string of the molecule is Cc1cc(C)cc(-c2ccc(CN3CCCC(NC(=O)NC(C)C)C3)cc2)c1. The van der Waals surface area contributed by atoms with Gasteiger partial charge in [-0.3, -0.25) is 4.90 Å². The van der Waals surface area contributed by atoms with Crippen LogP contribution in [0.4, 0.5) is 4.79 Å². The van der Waals surface area contributed by atoms with Gasteiger partial charge in [0.2, 0.25) is 0 Å². The van der Waals surface area contributed by atoms with E-state index in [0.29, 0.717) is 0 Å². The normalized spacial score (nSPS) is 17.5. The number of carbonyl (C=O) groups is 1. The molecule has 2 amide bonds. The summed E-state index contributed by atoms with van der Waals surface area (Å²) in [6, 6.07) is 15.9. The molecular weight excluding hydrogens is 346 g/mol. The van der Waals surface area contributed by atoms with Crippen molar-refractivity contribution >= 4 is 6.03 Å². The number of nitrogens with zero attached hydrogens (tertiary/aromatic N) is 1. The predicted molar refractivity (Wildman–Crippen MR) is 116 cm³/mol. The molecule has 1 aliphatic heterocycles. The first-order valence-electron chi connectivity index (χ1n) is 10.4. The minimum atomic E-state index is -0.0559. The summed E-state index contributed by atoms with van der Waals surface area (Å²) >= 11 is 0. The van der Waals surface area contributed by atoms with E-state index in [1.165, 1.54) is 27.8 Å². The Kier molecular flexibility index (Phi) is 6.74. The highest BCUT2D eigenvalue weighted by molar-refractivity contribution is 5.74. The van der Waals surface area contributed by atoms with Crippen LogP contribution in [0.15, 0.2) is 42.5 Å². The van der Waals surface area contributed by atoms with E-state index in [2.05, 4.69) is 71.8 Å². The summed E-state index contributed by atoms with van der Waals surface area (Å²) in [5.41, 5.74) is 6.46. The topological polar surface area (TPSA) is 44.4 Å². The van der Waals surface area contributed by atoms with Crippen LogP contribution in [0, 0.1) is 13.8 Å². The Morgan fingerprint density at radius 3 is 2.39 bits per heavy atom. The van der Waals surface area contributed by atoms with Crippen molar-refractivity contribution in [3.63, 3.8) is 0 Å². The highest BCUT2D eigenvalue weighted by atomic mass is 16.2. The summed E-state index contributed by atoms with van der Waals surface area (Å²) in [7, 11) is 0. The monoisotopic (exact) mass is 379 g/mol. The van der Waals surface area contributed by atoms with E-state index in [1.807, 2.05) is 13.8 Å². The Labute approximate surface area is 169 Å². The highest BCUT2D eigenvalue weighted by Gasteiger charge is 2.21. The molecule has 4 heteroatoms. The smallest absolute Gasteiger partial charge is 0.315 e. The molecule has 150 valence electrons. The molecule has 4 nitrogen and oxygen atoms in total. The number of benzene rings is 2. The van der Waals surface area contributed by atoms with Crippen LogP contribution < -0.4 is 10.6 Å². The molecule has 1 atom stereocenters. The zero-order valence-electron chi connectivity index (χ0n) is 17.6. The second-order valence-corrected chi connectivity index (χ2v) is 8.42. The Bertz CT molecular complexity index is 778. The van der Waals surface area contributed by atoms with Gasteiger partial charge in [0.05, 0.1) is 0 Å². The summed E-state index contributed by atoms with van der Waals surface area (Å²) in [6.45, 7) is 11.2. The molecule has 0 aromatic heterocycles. The van der Waals surface area contributed by atoms with Gasteiger partial charge in [0.1, 0.15) is 0 Å². The van der Waals surface area contributed by atoms with Crippen molar-refractivity contribution in [2.45, 2.75) is 59.2 Å². The highest BCUT2D eigenvalue weighted by Crippen LogP contribution is 2.23. The van der Waals surface area contributed by atoms with Crippen molar-refractivity contribution in [2.24, 2.45) is 0 Å². The van der Waals surface area contributed by atoms with Gasteiger partial charge in [-0.25, -0.2) is 4.79 Å². The maximum atomic E-state index is 12.0. The molecule has 0 spiro atoms. The number of aryl methyl sites for hydroxylation is 2. The van der Waals surface area contributed by atoms with Gasteiger partial charge in [-0.2, -0.15) is 0 Å². The number of urea groups is 1. The zero-order valence-corrected chi connectivity index (χ0v) is 17.6. The third-order valence-corrected chi connectivity index (χ3v) is 5.18. The number of carbonyl (C=O) groups excluding carboxylic acids is 1. The third-order valence-electron chi connectivity index (χ3n) is 5.18. The largest absolute Gasteiger partial charge is 0.336 e. The van der Waals surface area contributed by atoms with Crippen molar-refractivity contribution in [1.29, 1.82) is 0 Å². The molecule has 1 fully saturated rings. The number of hydrogen-bond donors (Lipinski definition) is 2. The van der Waals surface area contributed by atoms with Crippen molar-refractivity contribution < 1.29 is 4.79 Å². The molecular formula is C24H33N3O. The maximum Gasteiger partial charge on any atom is 0.315 e. The van der Waals surface area contributed by atoms with E-state index in [1.54, 1.807) is 0 Å². The van der Waals surface area contributed by atoms with Crippen molar-refractivity contribution in [3.05, 3.63) is 59.2 Å². The zero-order chi connectivity index (χ0) is 20.1. The number of nitrogens with one attached hydrogen (secondary N) is 2. The van der Waals surface area contributed by atoms with Crippen LogP contribution in [0.25, 0.3) is 11.1 Å². The Hall–Kier alpha value is -2.33. The molecule has 1 unspecified atom stereocenters. The average molecular weight is 380 g/mol. The molecule has 28 heavy (non-hydrogen) atoms. The van der Waals surface area contributed by atoms with Gasteiger partial charge < -0.3 is 10.6 Å². The lowest BCUT2D eigenvalue weighted by Crippen LogP contribution is -2.51. The van der Waals surface area contributed by atoms with Gasteiger partial charge >= 0.3 is 6.03 Å². The Morgan fingerprint density at radius 2 is 1.75 bits per heavy atom. The summed E-state index contributed by atoms with van der Waals surface area (Å²) in [6.07, 6.45) is 2.17. The molecule has 0 saturated carbocycles. The minimum absolute atomic E-state index is 0.0559. The van der Waals surface area contributed by atoms with Crippen LogP contribution in [-0.4, -0.2) is 36.1 Å². The van der Waals surface area contributed by atoms with Gasteiger partial charge in [-0.1, -0.05) is 53.6 Å². The van der Waals surface area contributed by atoms with Gasteiger partial charge in [0.25, 0.3) is 0 Å². The van der Waals surface area contributed by atoms with Crippen molar-refractivity contribution in [3.8, 4) is 11.1 Å². The van der Waals surface area contributed by atoms with Gasteiger partial charge in [0.15, 0.2) is 0 Å². The molecule has 2 N–H and O–H groups in total. The third kappa shape index (κ3) is 5.83. The minimum Gasteiger partial charge on any atom is -0.336 e. The van der Waals surface area contributed by atoms with E-state index in [9.17, 15) is 4.79 Å². The summed E-state index contributed by atoms with van der Waals surface area (Å²) in [5, 5.41) is 6.03.